The van der Waals surface area contributed by atoms with Crippen molar-refractivity contribution in [1.82, 2.24) is 4.57 Å². The maximum atomic E-state index is 12.3. The maximum Gasteiger partial charge on any atom is 0.256 e. The Bertz CT molecular complexity index is 465. The monoisotopic (exact) mass is 211 g/mol. The predicted molar refractivity (Wildman–Crippen MR) is 53.9 cm³/mol. The van der Waals surface area contributed by atoms with Gasteiger partial charge < -0.3 is 9.67 Å². The number of aliphatic hydroxyl groups excluding tert-OH is 1. The van der Waals surface area contributed by atoms with Crippen LogP contribution in [0.4, 0.5) is 8.78 Å². The minimum absolute atomic E-state index is 0.128. The first-order valence-corrected chi connectivity index (χ1v) is 4.68. The zero-order valence-electron chi connectivity index (χ0n) is 8.03. The highest BCUT2D eigenvalue weighted by Gasteiger charge is 2.10. The molecule has 2 aromatic rings. The van der Waals surface area contributed by atoms with Crippen LogP contribution in [-0.4, -0.2) is 16.1 Å². The number of fused-ring (bicyclic) bond motifs is 1. The van der Waals surface area contributed by atoms with Crippen LogP contribution >= 0.6 is 0 Å². The van der Waals surface area contributed by atoms with E-state index in [9.17, 15) is 8.78 Å². The zero-order chi connectivity index (χ0) is 10.8. The van der Waals surface area contributed by atoms with Gasteiger partial charge in [-0.15, -0.1) is 0 Å². The summed E-state index contributed by atoms with van der Waals surface area (Å²) >= 11 is 0. The number of aromatic nitrogens is 1. The number of alkyl halides is 2. The Morgan fingerprint density at radius 3 is 2.67 bits per heavy atom. The van der Waals surface area contributed by atoms with Crippen LogP contribution in [0.25, 0.3) is 10.9 Å². The number of nitrogens with zero attached hydrogens (tertiary/aromatic N) is 1. The van der Waals surface area contributed by atoms with Gasteiger partial charge >= 0.3 is 0 Å². The van der Waals surface area contributed by atoms with Gasteiger partial charge in [0.25, 0.3) is 6.43 Å². The second-order valence-electron chi connectivity index (χ2n) is 3.37. The molecule has 15 heavy (non-hydrogen) atoms. The molecule has 0 aliphatic rings. The summed E-state index contributed by atoms with van der Waals surface area (Å²) in [7, 11) is 0. The summed E-state index contributed by atoms with van der Waals surface area (Å²) in [5, 5.41) is 9.92. The molecular formula is C11H11F2NO. The Balaban J connectivity index is 2.55. The average Bonchev–Trinajstić information content (AvgIpc) is 2.56. The van der Waals surface area contributed by atoms with Crippen molar-refractivity contribution < 1.29 is 13.9 Å². The van der Waals surface area contributed by atoms with Crippen molar-refractivity contribution in [1.29, 1.82) is 0 Å². The lowest BCUT2D eigenvalue weighted by Gasteiger charge is -2.02. The lowest BCUT2D eigenvalue weighted by molar-refractivity contribution is 0.128. The van der Waals surface area contributed by atoms with E-state index in [0.29, 0.717) is 5.56 Å². The van der Waals surface area contributed by atoms with Gasteiger partial charge in [-0.3, -0.25) is 0 Å². The second-order valence-corrected chi connectivity index (χ2v) is 3.37. The molecule has 2 nitrogen and oxygen atoms in total. The van der Waals surface area contributed by atoms with Gasteiger partial charge in [-0.2, -0.15) is 0 Å². The molecule has 0 saturated carbocycles. The average molecular weight is 211 g/mol. The largest absolute Gasteiger partial charge is 0.392 e. The molecule has 0 spiro atoms. The van der Waals surface area contributed by atoms with E-state index in [1.165, 1.54) is 4.57 Å². The minimum Gasteiger partial charge on any atom is -0.392 e. The molecule has 0 aliphatic heterocycles. The smallest absolute Gasteiger partial charge is 0.256 e. The third-order valence-electron chi connectivity index (χ3n) is 2.38. The molecule has 4 heteroatoms. The van der Waals surface area contributed by atoms with Crippen molar-refractivity contribution in [3.8, 4) is 0 Å². The number of halogens is 2. The lowest BCUT2D eigenvalue weighted by Crippen LogP contribution is -2.04. The van der Waals surface area contributed by atoms with E-state index < -0.39 is 6.43 Å². The molecule has 1 aromatic heterocycles. The van der Waals surface area contributed by atoms with E-state index in [0.717, 1.165) is 10.9 Å². The molecule has 1 N–H and O–H groups in total. The van der Waals surface area contributed by atoms with E-state index in [1.54, 1.807) is 18.3 Å². The molecule has 0 unspecified atom stereocenters. The Kier molecular flexibility index (Phi) is 2.68. The summed E-state index contributed by atoms with van der Waals surface area (Å²) < 4.78 is 26.0. The van der Waals surface area contributed by atoms with Crippen LogP contribution in [0.2, 0.25) is 0 Å². The van der Waals surface area contributed by atoms with E-state index in [-0.39, 0.29) is 13.2 Å². The van der Waals surface area contributed by atoms with E-state index >= 15 is 0 Å². The lowest BCUT2D eigenvalue weighted by atomic mass is 10.2. The molecule has 0 saturated heterocycles. The number of hydrogen-bond acceptors (Lipinski definition) is 1. The van der Waals surface area contributed by atoms with Crippen molar-refractivity contribution in [3.05, 3.63) is 36.0 Å². The van der Waals surface area contributed by atoms with Crippen LogP contribution in [0.15, 0.2) is 30.5 Å². The molecule has 2 rings (SSSR count). The maximum absolute atomic E-state index is 12.3. The van der Waals surface area contributed by atoms with Gasteiger partial charge in [0.2, 0.25) is 0 Å². The molecule has 0 amide bonds. The molecule has 0 bridgehead atoms. The van der Waals surface area contributed by atoms with E-state index in [2.05, 4.69) is 0 Å². The fourth-order valence-electron chi connectivity index (χ4n) is 1.75. The Labute approximate surface area is 85.8 Å². The Morgan fingerprint density at radius 2 is 2.00 bits per heavy atom. The molecule has 80 valence electrons. The van der Waals surface area contributed by atoms with Gasteiger partial charge in [-0.05, 0) is 6.07 Å². The van der Waals surface area contributed by atoms with Crippen LogP contribution in [0.3, 0.4) is 0 Å². The first-order valence-electron chi connectivity index (χ1n) is 4.68. The molecule has 0 atom stereocenters. The fourth-order valence-corrected chi connectivity index (χ4v) is 1.75. The van der Waals surface area contributed by atoms with E-state index in [4.69, 9.17) is 5.11 Å². The highest BCUT2D eigenvalue weighted by atomic mass is 19.3. The summed E-state index contributed by atoms with van der Waals surface area (Å²) in [6, 6.07) is 7.22. The van der Waals surface area contributed by atoms with Crippen molar-refractivity contribution in [2.45, 2.75) is 19.6 Å². The Hall–Kier alpha value is -1.42. The van der Waals surface area contributed by atoms with Gasteiger partial charge in [0.15, 0.2) is 0 Å². The SMILES string of the molecule is OCc1cn(CC(F)F)c2ccccc12. The van der Waals surface area contributed by atoms with E-state index in [1.807, 2.05) is 12.1 Å². The first kappa shape index (κ1) is 10.1. The molecule has 0 fully saturated rings. The van der Waals surface area contributed by atoms with Crippen LogP contribution in [0.5, 0.6) is 0 Å². The van der Waals surface area contributed by atoms with Gasteiger partial charge in [0.1, 0.15) is 0 Å². The normalized spacial score (nSPS) is 11.5. The number of hydrogen-bond donors (Lipinski definition) is 1. The van der Waals surface area contributed by atoms with Crippen LogP contribution < -0.4 is 0 Å². The quantitative estimate of drug-likeness (QED) is 0.828. The number of rotatable bonds is 3. The summed E-state index contributed by atoms with van der Waals surface area (Å²) in [4.78, 5) is 0. The van der Waals surface area contributed by atoms with Crippen molar-refractivity contribution in [2.75, 3.05) is 0 Å². The van der Waals surface area contributed by atoms with Gasteiger partial charge in [-0.1, -0.05) is 18.2 Å². The molecule has 0 aliphatic carbocycles. The summed E-state index contributed by atoms with van der Waals surface area (Å²) in [6.07, 6.45) is -0.802. The topological polar surface area (TPSA) is 25.2 Å². The van der Waals surface area contributed by atoms with Gasteiger partial charge in [0.05, 0.1) is 13.2 Å². The summed E-state index contributed by atoms with van der Waals surface area (Å²) in [6.45, 7) is -0.461. The summed E-state index contributed by atoms with van der Waals surface area (Å²) in [5.74, 6) is 0. The number of para-hydroxylation sites is 1. The van der Waals surface area contributed by atoms with Crippen molar-refractivity contribution in [2.24, 2.45) is 0 Å². The molecular weight excluding hydrogens is 200 g/mol. The number of aliphatic hydroxyl groups is 1. The zero-order valence-corrected chi connectivity index (χ0v) is 8.03. The molecule has 1 aromatic carbocycles. The fraction of sp³-hybridized carbons (Fsp3) is 0.273. The minimum atomic E-state index is -2.38. The molecule has 0 radical (unpaired) electrons. The standard InChI is InChI=1S/C11H11F2NO/c12-11(13)6-14-5-8(7-15)9-3-1-2-4-10(9)14/h1-5,11,15H,6-7H2. The second kappa shape index (κ2) is 3.98. The predicted octanol–water partition coefficient (Wildman–Crippen LogP) is 2.40. The van der Waals surface area contributed by atoms with Crippen LogP contribution in [-0.2, 0) is 13.2 Å². The highest BCUT2D eigenvalue weighted by molar-refractivity contribution is 5.83. The highest BCUT2D eigenvalue weighted by Crippen LogP contribution is 2.21. The van der Waals surface area contributed by atoms with Crippen LogP contribution in [0, 0.1) is 0 Å². The molecule has 1 heterocycles. The third-order valence-corrected chi connectivity index (χ3v) is 2.38. The van der Waals surface area contributed by atoms with Gasteiger partial charge in [0, 0.05) is 22.7 Å². The number of benzene rings is 1. The summed E-state index contributed by atoms with van der Waals surface area (Å²) in [5.41, 5.74) is 1.42. The van der Waals surface area contributed by atoms with Crippen molar-refractivity contribution in [3.63, 3.8) is 0 Å². The first-order chi connectivity index (χ1) is 7.22. The van der Waals surface area contributed by atoms with Crippen LogP contribution in [0.1, 0.15) is 5.56 Å². The van der Waals surface area contributed by atoms with Crippen molar-refractivity contribution >= 4 is 10.9 Å². The Morgan fingerprint density at radius 1 is 1.27 bits per heavy atom. The third kappa shape index (κ3) is 1.85. The van der Waals surface area contributed by atoms with Gasteiger partial charge in [-0.25, -0.2) is 8.78 Å².